The lowest BCUT2D eigenvalue weighted by molar-refractivity contribution is 0.0793. The number of aromatic hydroxyl groups is 1. The zero-order valence-corrected chi connectivity index (χ0v) is 16.7. The average Bonchev–Trinajstić information content (AvgIpc) is 3.22. The SMILES string of the molecule is N=C(N)N(CCc1ccc(C(=O)N2CCCC2)cc1)S(=O)(=O)c1ccccc1O. The molecule has 0 spiro atoms. The van der Waals surface area contributed by atoms with E-state index in [0.29, 0.717) is 12.0 Å². The number of nitrogens with two attached hydrogens (primary N) is 1. The molecule has 1 amide bonds. The average molecular weight is 417 g/mol. The van der Waals surface area contributed by atoms with Gasteiger partial charge in [0.05, 0.1) is 0 Å². The van der Waals surface area contributed by atoms with Crippen molar-refractivity contribution >= 4 is 21.9 Å². The van der Waals surface area contributed by atoms with Gasteiger partial charge in [0, 0.05) is 25.2 Å². The van der Waals surface area contributed by atoms with E-state index in [2.05, 4.69) is 0 Å². The summed E-state index contributed by atoms with van der Waals surface area (Å²) in [5.41, 5.74) is 6.91. The molecule has 2 aromatic rings. The van der Waals surface area contributed by atoms with Gasteiger partial charge in [0.15, 0.2) is 0 Å². The van der Waals surface area contributed by atoms with E-state index in [-0.39, 0.29) is 17.3 Å². The number of nitrogens with zero attached hydrogens (tertiary/aromatic N) is 2. The molecule has 0 saturated carbocycles. The first-order valence-electron chi connectivity index (χ1n) is 9.33. The molecule has 1 heterocycles. The molecule has 1 aliphatic rings. The zero-order valence-electron chi connectivity index (χ0n) is 15.9. The molecule has 9 heteroatoms. The highest BCUT2D eigenvalue weighted by molar-refractivity contribution is 7.89. The lowest BCUT2D eigenvalue weighted by Gasteiger charge is -2.23. The molecule has 1 saturated heterocycles. The van der Waals surface area contributed by atoms with Gasteiger partial charge in [-0.15, -0.1) is 0 Å². The molecule has 1 fully saturated rings. The first kappa shape index (κ1) is 20.7. The van der Waals surface area contributed by atoms with Crippen LogP contribution < -0.4 is 5.73 Å². The molecule has 8 nitrogen and oxygen atoms in total. The summed E-state index contributed by atoms with van der Waals surface area (Å²) < 4.78 is 26.4. The van der Waals surface area contributed by atoms with Crippen molar-refractivity contribution in [1.82, 2.24) is 9.21 Å². The van der Waals surface area contributed by atoms with Gasteiger partial charge in [-0.05, 0) is 49.1 Å². The fourth-order valence-electron chi connectivity index (χ4n) is 3.31. The van der Waals surface area contributed by atoms with E-state index >= 15 is 0 Å². The van der Waals surface area contributed by atoms with Gasteiger partial charge in [0.25, 0.3) is 15.9 Å². The number of amides is 1. The van der Waals surface area contributed by atoms with Crippen LogP contribution in [0.3, 0.4) is 0 Å². The molecule has 0 unspecified atom stereocenters. The van der Waals surface area contributed by atoms with Gasteiger partial charge in [-0.25, -0.2) is 12.7 Å². The molecule has 154 valence electrons. The third-order valence-electron chi connectivity index (χ3n) is 4.90. The zero-order chi connectivity index (χ0) is 21.0. The molecule has 4 N–H and O–H groups in total. The summed E-state index contributed by atoms with van der Waals surface area (Å²) in [5.74, 6) is -1.03. The molecule has 29 heavy (non-hydrogen) atoms. The highest BCUT2D eigenvalue weighted by Crippen LogP contribution is 2.25. The van der Waals surface area contributed by atoms with Crippen LogP contribution in [0.15, 0.2) is 53.4 Å². The Kier molecular flexibility index (Phi) is 6.07. The predicted molar refractivity (Wildman–Crippen MR) is 109 cm³/mol. The Morgan fingerprint density at radius 3 is 2.31 bits per heavy atom. The highest BCUT2D eigenvalue weighted by atomic mass is 32.2. The number of likely N-dealkylation sites (tertiary alicyclic amines) is 1. The van der Waals surface area contributed by atoms with Crippen molar-refractivity contribution in [1.29, 1.82) is 5.41 Å². The molecule has 2 aromatic carbocycles. The van der Waals surface area contributed by atoms with Crippen LogP contribution >= 0.6 is 0 Å². The van der Waals surface area contributed by atoms with E-state index in [9.17, 15) is 18.3 Å². The Morgan fingerprint density at radius 1 is 1.10 bits per heavy atom. The molecular formula is C20H24N4O4S. The largest absolute Gasteiger partial charge is 0.507 e. The van der Waals surface area contributed by atoms with Crippen LogP contribution in [0.2, 0.25) is 0 Å². The number of carbonyl (C=O) groups excluding carboxylic acids is 1. The van der Waals surface area contributed by atoms with E-state index in [4.69, 9.17) is 11.1 Å². The minimum Gasteiger partial charge on any atom is -0.507 e. The van der Waals surface area contributed by atoms with Crippen molar-refractivity contribution in [2.75, 3.05) is 19.6 Å². The first-order valence-corrected chi connectivity index (χ1v) is 10.8. The van der Waals surface area contributed by atoms with E-state index in [1.165, 1.54) is 24.3 Å². The monoisotopic (exact) mass is 416 g/mol. The Hall–Kier alpha value is -3.07. The molecule has 3 rings (SSSR count). The third-order valence-corrected chi connectivity index (χ3v) is 6.76. The number of phenolic OH excluding ortho intramolecular Hbond substituents is 1. The summed E-state index contributed by atoms with van der Waals surface area (Å²) in [7, 11) is -4.16. The van der Waals surface area contributed by atoms with Crippen LogP contribution in [0.5, 0.6) is 5.75 Å². The number of phenols is 1. The summed E-state index contributed by atoms with van der Waals surface area (Å²) in [6.07, 6.45) is 2.34. The maximum Gasteiger partial charge on any atom is 0.270 e. The third kappa shape index (κ3) is 4.51. The molecule has 0 atom stereocenters. The van der Waals surface area contributed by atoms with E-state index < -0.39 is 21.7 Å². The lowest BCUT2D eigenvalue weighted by atomic mass is 10.1. The number of benzene rings is 2. The predicted octanol–water partition coefficient (Wildman–Crippen LogP) is 1.76. The number of para-hydroxylation sites is 1. The standard InChI is InChI=1S/C20H24N4O4S/c21-20(22)24(29(27,28)18-6-2-1-5-17(18)25)14-11-15-7-9-16(10-8-15)19(26)23-12-3-4-13-23/h1-2,5-10,25H,3-4,11-14H2,(H3,21,22). The Morgan fingerprint density at radius 2 is 1.72 bits per heavy atom. The van der Waals surface area contributed by atoms with Crippen LogP contribution in [0.25, 0.3) is 0 Å². The smallest absolute Gasteiger partial charge is 0.270 e. The summed E-state index contributed by atoms with van der Waals surface area (Å²) >= 11 is 0. The minimum absolute atomic E-state index is 0.00143. The number of nitrogens with one attached hydrogen (secondary N) is 1. The topological polar surface area (TPSA) is 128 Å². The van der Waals surface area contributed by atoms with E-state index in [1.54, 1.807) is 24.3 Å². The van der Waals surface area contributed by atoms with Gasteiger partial charge in [0.1, 0.15) is 10.6 Å². The quantitative estimate of drug-likeness (QED) is 0.488. The van der Waals surface area contributed by atoms with Crippen molar-refractivity contribution in [3.63, 3.8) is 0 Å². The molecule has 0 aromatic heterocycles. The molecule has 0 bridgehead atoms. The molecule has 1 aliphatic heterocycles. The lowest BCUT2D eigenvalue weighted by Crippen LogP contribution is -2.42. The van der Waals surface area contributed by atoms with Gasteiger partial charge in [0.2, 0.25) is 5.96 Å². The number of sulfonamides is 1. The van der Waals surface area contributed by atoms with Crippen LogP contribution in [0.4, 0.5) is 0 Å². The van der Waals surface area contributed by atoms with Gasteiger partial charge in [-0.3, -0.25) is 10.2 Å². The van der Waals surface area contributed by atoms with Crippen LogP contribution in [0, 0.1) is 5.41 Å². The van der Waals surface area contributed by atoms with Crippen molar-refractivity contribution in [2.24, 2.45) is 5.73 Å². The molecule has 0 radical (unpaired) electrons. The number of guanidine groups is 1. The Labute approximate surface area is 170 Å². The fraction of sp³-hybridized carbons (Fsp3) is 0.300. The normalized spacial score (nSPS) is 14.0. The number of carbonyl (C=O) groups is 1. The fourth-order valence-corrected chi connectivity index (χ4v) is 4.72. The summed E-state index contributed by atoms with van der Waals surface area (Å²) in [6.45, 7) is 1.49. The summed E-state index contributed by atoms with van der Waals surface area (Å²) in [4.78, 5) is 13.9. The van der Waals surface area contributed by atoms with Crippen molar-refractivity contribution in [2.45, 2.75) is 24.2 Å². The minimum atomic E-state index is -4.16. The summed E-state index contributed by atoms with van der Waals surface area (Å²) in [5, 5.41) is 17.6. The second kappa shape index (κ2) is 8.52. The maximum absolute atomic E-state index is 12.8. The van der Waals surface area contributed by atoms with E-state index in [1.807, 2.05) is 4.90 Å². The maximum atomic E-state index is 12.8. The molecular weight excluding hydrogens is 392 g/mol. The van der Waals surface area contributed by atoms with Crippen molar-refractivity contribution in [3.8, 4) is 5.75 Å². The van der Waals surface area contributed by atoms with Crippen molar-refractivity contribution in [3.05, 3.63) is 59.7 Å². The summed E-state index contributed by atoms with van der Waals surface area (Å²) in [6, 6.07) is 12.5. The van der Waals surface area contributed by atoms with Gasteiger partial charge < -0.3 is 15.7 Å². The van der Waals surface area contributed by atoms with Crippen LogP contribution in [0.1, 0.15) is 28.8 Å². The Bertz CT molecular complexity index is 999. The van der Waals surface area contributed by atoms with Gasteiger partial charge >= 0.3 is 0 Å². The van der Waals surface area contributed by atoms with Crippen LogP contribution in [-0.2, 0) is 16.4 Å². The first-order chi connectivity index (χ1) is 13.8. The number of rotatable bonds is 6. The highest BCUT2D eigenvalue weighted by Gasteiger charge is 2.28. The van der Waals surface area contributed by atoms with Gasteiger partial charge in [-0.2, -0.15) is 0 Å². The second-order valence-corrected chi connectivity index (χ2v) is 8.71. The second-order valence-electron chi connectivity index (χ2n) is 6.88. The molecule has 0 aliphatic carbocycles. The van der Waals surface area contributed by atoms with E-state index in [0.717, 1.165) is 35.8 Å². The van der Waals surface area contributed by atoms with Crippen LogP contribution in [-0.4, -0.2) is 54.2 Å². The Balaban J connectivity index is 1.72. The number of hydrogen-bond acceptors (Lipinski definition) is 5. The van der Waals surface area contributed by atoms with Crippen molar-refractivity contribution < 1.29 is 18.3 Å². The number of hydrogen-bond donors (Lipinski definition) is 3. The van der Waals surface area contributed by atoms with Gasteiger partial charge in [-0.1, -0.05) is 24.3 Å².